The van der Waals surface area contributed by atoms with E-state index in [2.05, 4.69) is 6.07 Å². The number of carbonyl (C=O) groups excluding carboxylic acids is 2. The standard InChI is InChI=1S/C18H17N3O2S2/c1-9-6-13(7-15-16(22)20(5)18(23)25-15)11(3)21(9)17-14(8-19)10(2)12(4)24-17/h6-7H,1-5H3. The predicted molar refractivity (Wildman–Crippen MR) is 101 cm³/mol. The SMILES string of the molecule is Cc1sc(-n2c(C)cc(C=C3SC(=O)N(C)C3=O)c2C)c(C#N)c1C. The first-order chi connectivity index (χ1) is 11.8. The number of imide groups is 1. The van der Waals surface area contributed by atoms with Gasteiger partial charge in [-0.2, -0.15) is 5.26 Å². The fraction of sp³-hybridized carbons (Fsp3) is 0.278. The average molecular weight is 371 g/mol. The lowest BCUT2D eigenvalue weighted by Gasteiger charge is -2.07. The van der Waals surface area contributed by atoms with Gasteiger partial charge in [0.15, 0.2) is 0 Å². The van der Waals surface area contributed by atoms with Crippen LogP contribution in [-0.4, -0.2) is 27.7 Å². The molecule has 1 aliphatic rings. The van der Waals surface area contributed by atoms with E-state index in [9.17, 15) is 14.9 Å². The first-order valence-corrected chi connectivity index (χ1v) is 9.30. The maximum Gasteiger partial charge on any atom is 0.293 e. The summed E-state index contributed by atoms with van der Waals surface area (Å²) >= 11 is 2.54. The molecule has 1 aliphatic heterocycles. The fourth-order valence-electron chi connectivity index (χ4n) is 2.83. The van der Waals surface area contributed by atoms with Crippen LogP contribution in [-0.2, 0) is 4.79 Å². The molecule has 0 N–H and O–H groups in total. The summed E-state index contributed by atoms with van der Waals surface area (Å²) in [5.74, 6) is -0.277. The number of rotatable bonds is 2. The highest BCUT2D eigenvalue weighted by atomic mass is 32.2. The molecular weight excluding hydrogens is 354 g/mol. The van der Waals surface area contributed by atoms with Gasteiger partial charge in [-0.1, -0.05) is 0 Å². The van der Waals surface area contributed by atoms with E-state index in [1.54, 1.807) is 17.4 Å². The topological polar surface area (TPSA) is 66.1 Å². The monoisotopic (exact) mass is 371 g/mol. The minimum Gasteiger partial charge on any atom is -0.308 e. The van der Waals surface area contributed by atoms with Gasteiger partial charge in [0.05, 0.1) is 10.5 Å². The number of nitriles is 1. The number of amides is 2. The smallest absolute Gasteiger partial charge is 0.293 e. The molecule has 0 unspecified atom stereocenters. The Morgan fingerprint density at radius 2 is 1.88 bits per heavy atom. The number of hydrogen-bond acceptors (Lipinski definition) is 5. The minimum atomic E-state index is -0.277. The molecule has 0 saturated carbocycles. The van der Waals surface area contributed by atoms with Gasteiger partial charge in [-0.05, 0) is 62.7 Å². The van der Waals surface area contributed by atoms with Gasteiger partial charge < -0.3 is 4.57 Å². The van der Waals surface area contributed by atoms with Crippen LogP contribution in [0.2, 0.25) is 0 Å². The zero-order valence-electron chi connectivity index (χ0n) is 14.6. The highest BCUT2D eigenvalue weighted by Gasteiger charge is 2.32. The van der Waals surface area contributed by atoms with Crippen LogP contribution >= 0.6 is 23.1 Å². The van der Waals surface area contributed by atoms with Crippen molar-refractivity contribution in [2.75, 3.05) is 7.05 Å². The Kier molecular flexibility index (Phi) is 4.35. The van der Waals surface area contributed by atoms with Crippen LogP contribution < -0.4 is 0 Å². The number of aryl methyl sites for hydroxylation is 2. The molecule has 2 aromatic heterocycles. The van der Waals surface area contributed by atoms with Crippen molar-refractivity contribution in [1.82, 2.24) is 9.47 Å². The van der Waals surface area contributed by atoms with Crippen molar-refractivity contribution in [2.45, 2.75) is 27.7 Å². The quantitative estimate of drug-likeness (QED) is 0.738. The number of nitrogens with zero attached hydrogens (tertiary/aromatic N) is 3. The van der Waals surface area contributed by atoms with E-state index >= 15 is 0 Å². The number of aromatic nitrogens is 1. The second-order valence-corrected chi connectivity index (χ2v) is 8.17. The molecule has 1 fully saturated rings. The number of thioether (sulfide) groups is 1. The summed E-state index contributed by atoms with van der Waals surface area (Å²) in [6, 6.07) is 4.28. The lowest BCUT2D eigenvalue weighted by Crippen LogP contribution is -2.22. The summed E-state index contributed by atoms with van der Waals surface area (Å²) in [4.78, 5) is 26.4. The average Bonchev–Trinajstić information content (AvgIpc) is 3.09. The van der Waals surface area contributed by atoms with Gasteiger partial charge >= 0.3 is 0 Å². The van der Waals surface area contributed by atoms with E-state index in [1.807, 2.05) is 38.3 Å². The summed E-state index contributed by atoms with van der Waals surface area (Å²) in [5, 5.41) is 10.2. The van der Waals surface area contributed by atoms with Crippen molar-refractivity contribution in [3.05, 3.63) is 43.9 Å². The number of thiophene rings is 1. The maximum atomic E-state index is 12.1. The second-order valence-electron chi connectivity index (χ2n) is 5.98. The molecule has 0 aliphatic carbocycles. The zero-order chi connectivity index (χ0) is 18.5. The van der Waals surface area contributed by atoms with Gasteiger partial charge in [-0.15, -0.1) is 11.3 Å². The van der Waals surface area contributed by atoms with Crippen LogP contribution in [0.25, 0.3) is 11.1 Å². The van der Waals surface area contributed by atoms with E-state index in [4.69, 9.17) is 0 Å². The van der Waals surface area contributed by atoms with Gasteiger partial charge in [0.25, 0.3) is 11.1 Å². The molecule has 0 aromatic carbocycles. The largest absolute Gasteiger partial charge is 0.308 e. The van der Waals surface area contributed by atoms with Crippen molar-refractivity contribution in [2.24, 2.45) is 0 Å². The number of likely N-dealkylation sites (N-methyl/N-ethyl adjacent to an activating group) is 1. The molecule has 3 rings (SSSR count). The molecule has 25 heavy (non-hydrogen) atoms. The maximum absolute atomic E-state index is 12.1. The lowest BCUT2D eigenvalue weighted by molar-refractivity contribution is -0.121. The molecule has 2 aromatic rings. The van der Waals surface area contributed by atoms with Crippen molar-refractivity contribution >= 4 is 40.3 Å². The summed E-state index contributed by atoms with van der Waals surface area (Å²) in [7, 11) is 1.48. The first-order valence-electron chi connectivity index (χ1n) is 7.67. The van der Waals surface area contributed by atoms with Crippen LogP contribution in [0.5, 0.6) is 0 Å². The summed E-state index contributed by atoms with van der Waals surface area (Å²) in [5.41, 5.74) is 4.49. The third kappa shape index (κ3) is 2.71. The Hall–Kier alpha value is -2.30. The molecule has 2 amide bonds. The van der Waals surface area contributed by atoms with Crippen molar-refractivity contribution in [1.29, 1.82) is 5.26 Å². The Bertz CT molecular complexity index is 989. The lowest BCUT2D eigenvalue weighted by atomic mass is 10.2. The van der Waals surface area contributed by atoms with E-state index in [1.165, 1.54) is 7.05 Å². The Balaban J connectivity index is 2.13. The molecule has 5 nitrogen and oxygen atoms in total. The summed E-state index contributed by atoms with van der Waals surface area (Å²) < 4.78 is 2.05. The molecule has 7 heteroatoms. The molecular formula is C18H17N3O2S2. The molecule has 3 heterocycles. The Morgan fingerprint density at radius 1 is 1.20 bits per heavy atom. The molecule has 1 saturated heterocycles. The van der Waals surface area contributed by atoms with Crippen LogP contribution in [0.4, 0.5) is 4.79 Å². The van der Waals surface area contributed by atoms with Gasteiger partial charge in [-0.3, -0.25) is 14.5 Å². The van der Waals surface area contributed by atoms with Crippen molar-refractivity contribution in [3.8, 4) is 11.1 Å². The summed E-state index contributed by atoms with van der Waals surface area (Å²) in [6.45, 7) is 7.90. The molecule has 128 valence electrons. The Labute approximate surface area is 154 Å². The van der Waals surface area contributed by atoms with E-state index in [-0.39, 0.29) is 11.1 Å². The van der Waals surface area contributed by atoms with Crippen molar-refractivity contribution < 1.29 is 9.59 Å². The zero-order valence-corrected chi connectivity index (χ0v) is 16.3. The normalized spacial score (nSPS) is 16.2. The predicted octanol–water partition coefficient (Wildman–Crippen LogP) is 4.31. The van der Waals surface area contributed by atoms with Crippen LogP contribution in [0, 0.1) is 39.0 Å². The Morgan fingerprint density at radius 3 is 2.44 bits per heavy atom. The van der Waals surface area contributed by atoms with E-state index in [0.29, 0.717) is 10.5 Å². The van der Waals surface area contributed by atoms with E-state index in [0.717, 1.165) is 49.1 Å². The van der Waals surface area contributed by atoms with Gasteiger partial charge in [0, 0.05) is 23.3 Å². The molecule has 0 spiro atoms. The first kappa shape index (κ1) is 17.5. The minimum absolute atomic E-state index is 0.263. The third-order valence-corrected chi connectivity index (χ3v) is 6.58. The second kappa shape index (κ2) is 6.21. The van der Waals surface area contributed by atoms with Crippen LogP contribution in [0.1, 0.15) is 33.0 Å². The third-order valence-electron chi connectivity index (χ3n) is 4.43. The van der Waals surface area contributed by atoms with Gasteiger partial charge in [0.1, 0.15) is 11.1 Å². The van der Waals surface area contributed by atoms with E-state index < -0.39 is 0 Å². The van der Waals surface area contributed by atoms with Crippen molar-refractivity contribution in [3.63, 3.8) is 0 Å². The van der Waals surface area contributed by atoms with Gasteiger partial charge in [-0.25, -0.2) is 0 Å². The van der Waals surface area contributed by atoms with Crippen LogP contribution in [0.15, 0.2) is 11.0 Å². The van der Waals surface area contributed by atoms with Gasteiger partial charge in [0.2, 0.25) is 0 Å². The summed E-state index contributed by atoms with van der Waals surface area (Å²) in [6.07, 6.45) is 1.76. The fourth-order valence-corrected chi connectivity index (χ4v) is 4.87. The number of hydrogen-bond donors (Lipinski definition) is 0. The molecule has 0 radical (unpaired) electrons. The van der Waals surface area contributed by atoms with Crippen LogP contribution in [0.3, 0.4) is 0 Å². The highest BCUT2D eigenvalue weighted by Crippen LogP contribution is 2.36. The molecule has 0 bridgehead atoms. The molecule has 0 atom stereocenters. The number of carbonyl (C=O) groups is 2. The highest BCUT2D eigenvalue weighted by molar-refractivity contribution is 8.18.